The van der Waals surface area contributed by atoms with Crippen LogP contribution in [0.4, 0.5) is 0 Å². The maximum absolute atomic E-state index is 5.63. The highest BCUT2D eigenvalue weighted by molar-refractivity contribution is 7.71. The Kier molecular flexibility index (Phi) is 5.39. The molecule has 136 valence electrons. The summed E-state index contributed by atoms with van der Waals surface area (Å²) in [7, 11) is 4.18. The molecule has 3 aromatic rings. The van der Waals surface area contributed by atoms with E-state index in [-0.39, 0.29) is 0 Å². The highest BCUT2D eigenvalue weighted by atomic mass is 32.1. The van der Waals surface area contributed by atoms with Gasteiger partial charge in [-0.15, -0.1) is 5.10 Å². The third-order valence-corrected chi connectivity index (χ3v) is 5.32. The first-order valence-electron chi connectivity index (χ1n) is 8.94. The second-order valence-electron chi connectivity index (χ2n) is 7.20. The summed E-state index contributed by atoms with van der Waals surface area (Å²) in [5.41, 5.74) is 6.36. The van der Waals surface area contributed by atoms with Crippen LogP contribution in [0.25, 0.3) is 11.4 Å². The second-order valence-corrected chi connectivity index (χ2v) is 7.57. The topological polar surface area (TPSA) is 27.2 Å². The molecule has 0 radical (unpaired) electrons. The molecule has 5 heteroatoms. The SMILES string of the molecule is Cc1ccc(C[NH+](C)Cn2nc(-c3ccccc3C)n(C)c2=S)c(C)c1. The summed E-state index contributed by atoms with van der Waals surface area (Å²) in [6.07, 6.45) is 0. The van der Waals surface area contributed by atoms with Gasteiger partial charge in [-0.3, -0.25) is 0 Å². The summed E-state index contributed by atoms with van der Waals surface area (Å²) >= 11 is 5.63. The number of nitrogens with zero attached hydrogens (tertiary/aromatic N) is 3. The van der Waals surface area contributed by atoms with E-state index in [1.54, 1.807) is 0 Å². The summed E-state index contributed by atoms with van der Waals surface area (Å²) in [4.78, 5) is 1.35. The van der Waals surface area contributed by atoms with Crippen LogP contribution in [0.2, 0.25) is 0 Å². The van der Waals surface area contributed by atoms with E-state index in [9.17, 15) is 0 Å². The number of aromatic nitrogens is 3. The molecular weight excluding hydrogens is 340 g/mol. The lowest BCUT2D eigenvalue weighted by atomic mass is 10.1. The van der Waals surface area contributed by atoms with Gasteiger partial charge in [0, 0.05) is 18.2 Å². The standard InChI is InChI=1S/C21H26N4S/c1-15-10-11-18(17(3)12-15)13-23(4)14-25-21(26)24(5)20(22-25)19-9-7-6-8-16(19)2/h6-12H,13-14H2,1-5H3/p+1. The highest BCUT2D eigenvalue weighted by Crippen LogP contribution is 2.21. The molecule has 1 heterocycles. The van der Waals surface area contributed by atoms with Gasteiger partial charge in [0.1, 0.15) is 6.54 Å². The van der Waals surface area contributed by atoms with Crippen molar-refractivity contribution < 1.29 is 4.90 Å². The van der Waals surface area contributed by atoms with Gasteiger partial charge in [-0.25, -0.2) is 0 Å². The van der Waals surface area contributed by atoms with Gasteiger partial charge in [0.2, 0.25) is 4.77 Å². The van der Waals surface area contributed by atoms with Gasteiger partial charge < -0.3 is 9.47 Å². The Bertz CT molecular complexity index is 984. The molecule has 0 aliphatic rings. The van der Waals surface area contributed by atoms with E-state index in [0.29, 0.717) is 0 Å². The van der Waals surface area contributed by atoms with E-state index in [1.165, 1.54) is 27.2 Å². The summed E-state index contributed by atoms with van der Waals surface area (Å²) < 4.78 is 4.70. The first kappa shape index (κ1) is 18.5. The summed E-state index contributed by atoms with van der Waals surface area (Å²) in [6, 6.07) is 14.9. The quantitative estimate of drug-likeness (QED) is 0.701. The molecule has 0 saturated heterocycles. The Labute approximate surface area is 160 Å². The molecule has 1 atom stereocenters. The van der Waals surface area contributed by atoms with Gasteiger partial charge in [0.15, 0.2) is 12.5 Å². The Hall–Kier alpha value is -2.24. The average Bonchev–Trinajstić information content (AvgIpc) is 2.86. The van der Waals surface area contributed by atoms with Crippen molar-refractivity contribution in [2.24, 2.45) is 7.05 Å². The van der Waals surface area contributed by atoms with E-state index in [1.807, 2.05) is 28.4 Å². The van der Waals surface area contributed by atoms with E-state index < -0.39 is 0 Å². The number of aryl methyl sites for hydroxylation is 3. The highest BCUT2D eigenvalue weighted by Gasteiger charge is 2.15. The molecule has 26 heavy (non-hydrogen) atoms. The minimum absolute atomic E-state index is 0.742. The van der Waals surface area contributed by atoms with Crippen molar-refractivity contribution in [2.75, 3.05) is 7.05 Å². The summed E-state index contributed by atoms with van der Waals surface area (Å²) in [5, 5.41) is 4.81. The Morgan fingerprint density at radius 2 is 1.77 bits per heavy atom. The number of quaternary nitrogens is 1. The van der Waals surface area contributed by atoms with E-state index in [2.05, 4.69) is 58.2 Å². The van der Waals surface area contributed by atoms with Crippen molar-refractivity contribution in [1.29, 1.82) is 0 Å². The molecule has 0 amide bonds. The van der Waals surface area contributed by atoms with Crippen molar-refractivity contribution in [3.8, 4) is 11.4 Å². The lowest BCUT2D eigenvalue weighted by Crippen LogP contribution is -3.07. The zero-order valence-corrected chi connectivity index (χ0v) is 17.0. The first-order valence-corrected chi connectivity index (χ1v) is 9.35. The molecule has 0 bridgehead atoms. The lowest BCUT2D eigenvalue weighted by molar-refractivity contribution is -0.917. The van der Waals surface area contributed by atoms with Gasteiger partial charge in [0.25, 0.3) is 0 Å². The second kappa shape index (κ2) is 7.56. The van der Waals surface area contributed by atoms with Crippen molar-refractivity contribution in [2.45, 2.75) is 34.0 Å². The fourth-order valence-electron chi connectivity index (χ4n) is 3.33. The van der Waals surface area contributed by atoms with Crippen LogP contribution in [0.3, 0.4) is 0 Å². The largest absolute Gasteiger partial charge is 0.315 e. The van der Waals surface area contributed by atoms with Gasteiger partial charge in [-0.1, -0.05) is 48.0 Å². The zero-order valence-electron chi connectivity index (χ0n) is 16.2. The fourth-order valence-corrected chi connectivity index (χ4v) is 3.52. The predicted molar refractivity (Wildman–Crippen MR) is 109 cm³/mol. The lowest BCUT2D eigenvalue weighted by Gasteiger charge is -2.15. The number of benzene rings is 2. The number of hydrogen-bond acceptors (Lipinski definition) is 2. The minimum atomic E-state index is 0.742. The normalized spacial score (nSPS) is 12.3. The smallest absolute Gasteiger partial charge is 0.202 e. The van der Waals surface area contributed by atoms with Crippen LogP contribution in [-0.4, -0.2) is 21.4 Å². The summed E-state index contributed by atoms with van der Waals surface area (Å²) in [6.45, 7) is 8.11. The maximum atomic E-state index is 5.63. The molecule has 1 unspecified atom stereocenters. The van der Waals surface area contributed by atoms with Crippen LogP contribution < -0.4 is 4.90 Å². The fraction of sp³-hybridized carbons (Fsp3) is 0.333. The van der Waals surface area contributed by atoms with Crippen LogP contribution in [0, 0.1) is 25.5 Å². The molecule has 0 aliphatic heterocycles. The number of nitrogens with one attached hydrogen (secondary N) is 1. The first-order chi connectivity index (χ1) is 12.4. The number of hydrogen-bond donors (Lipinski definition) is 1. The van der Waals surface area contributed by atoms with Gasteiger partial charge in [-0.05, 0) is 44.1 Å². The van der Waals surface area contributed by atoms with Crippen LogP contribution >= 0.6 is 12.2 Å². The minimum Gasteiger partial charge on any atom is -0.315 e. The third kappa shape index (κ3) is 3.79. The number of rotatable bonds is 5. The molecule has 0 aliphatic carbocycles. The van der Waals surface area contributed by atoms with Crippen LogP contribution in [0.1, 0.15) is 22.3 Å². The maximum Gasteiger partial charge on any atom is 0.202 e. The van der Waals surface area contributed by atoms with Crippen LogP contribution in [-0.2, 0) is 20.3 Å². The van der Waals surface area contributed by atoms with E-state index in [4.69, 9.17) is 17.3 Å². The Morgan fingerprint density at radius 3 is 2.46 bits per heavy atom. The van der Waals surface area contributed by atoms with Crippen LogP contribution in [0.15, 0.2) is 42.5 Å². The zero-order chi connectivity index (χ0) is 18.8. The van der Waals surface area contributed by atoms with Crippen molar-refractivity contribution in [1.82, 2.24) is 14.3 Å². The van der Waals surface area contributed by atoms with Crippen molar-refractivity contribution >= 4 is 12.2 Å². The molecule has 2 aromatic carbocycles. The molecule has 0 spiro atoms. The van der Waals surface area contributed by atoms with E-state index in [0.717, 1.165) is 29.4 Å². The average molecular weight is 368 g/mol. The molecular formula is C21H27N4S+. The van der Waals surface area contributed by atoms with Crippen LogP contribution in [0.5, 0.6) is 0 Å². The van der Waals surface area contributed by atoms with Crippen molar-refractivity contribution in [3.63, 3.8) is 0 Å². The Balaban J connectivity index is 1.83. The monoisotopic (exact) mass is 367 g/mol. The van der Waals surface area contributed by atoms with E-state index >= 15 is 0 Å². The molecule has 0 saturated carbocycles. The van der Waals surface area contributed by atoms with Gasteiger partial charge in [-0.2, -0.15) is 4.68 Å². The van der Waals surface area contributed by atoms with Gasteiger partial charge >= 0.3 is 0 Å². The molecule has 4 nitrogen and oxygen atoms in total. The van der Waals surface area contributed by atoms with Crippen molar-refractivity contribution in [3.05, 3.63) is 69.5 Å². The molecule has 0 fully saturated rings. The third-order valence-electron chi connectivity index (χ3n) is 4.84. The van der Waals surface area contributed by atoms with Gasteiger partial charge in [0.05, 0.1) is 7.05 Å². The summed E-state index contributed by atoms with van der Waals surface area (Å²) in [5.74, 6) is 0.924. The molecule has 1 aromatic heterocycles. The Morgan fingerprint density at radius 1 is 1.04 bits per heavy atom. The predicted octanol–water partition coefficient (Wildman–Crippen LogP) is 3.22. The molecule has 3 rings (SSSR count). The molecule has 1 N–H and O–H groups in total.